The Hall–Kier alpha value is -3.28. The van der Waals surface area contributed by atoms with Gasteiger partial charge in [-0.05, 0) is 24.1 Å². The average Bonchev–Trinajstić information content (AvgIpc) is 2.75. The van der Waals surface area contributed by atoms with E-state index in [1.807, 2.05) is 30.3 Å². The van der Waals surface area contributed by atoms with Crippen molar-refractivity contribution in [2.24, 2.45) is 0 Å². The van der Waals surface area contributed by atoms with Gasteiger partial charge >= 0.3 is 0 Å². The fourth-order valence-corrected chi connectivity index (χ4v) is 3.29. The van der Waals surface area contributed by atoms with E-state index >= 15 is 0 Å². The first kappa shape index (κ1) is 20.5. The van der Waals surface area contributed by atoms with Gasteiger partial charge in [-0.25, -0.2) is 0 Å². The maximum Gasteiger partial charge on any atom is 0.298 e. The zero-order valence-electron chi connectivity index (χ0n) is 16.5. The Bertz CT molecular complexity index is 1030. The fourth-order valence-electron chi connectivity index (χ4n) is 3.29. The van der Waals surface area contributed by atoms with Crippen LogP contribution < -0.4 is 15.0 Å². The molecule has 29 heavy (non-hydrogen) atoms. The molecule has 0 saturated carbocycles. The fraction of sp³-hybridized carbons (Fsp3) is 0.304. The topological polar surface area (TPSA) is 77.8 Å². The third kappa shape index (κ3) is 4.77. The molecule has 0 aliphatic rings. The smallest absolute Gasteiger partial charge is 0.298 e. The van der Waals surface area contributed by atoms with Gasteiger partial charge in [0.25, 0.3) is 12.0 Å². The van der Waals surface area contributed by atoms with Crippen molar-refractivity contribution in [1.82, 2.24) is 4.57 Å². The first-order valence-electron chi connectivity index (χ1n) is 9.82. The molecule has 2 aromatic carbocycles. The normalized spacial score (nSPS) is 10.8. The highest BCUT2D eigenvalue weighted by molar-refractivity contribution is 5.89. The van der Waals surface area contributed by atoms with Crippen molar-refractivity contribution < 1.29 is 19.4 Å². The maximum absolute atomic E-state index is 12.8. The predicted molar refractivity (Wildman–Crippen MR) is 111 cm³/mol. The number of unbranched alkanes of at least 4 members (excludes halogenated alkanes) is 3. The Kier molecular flexibility index (Phi) is 6.89. The zero-order chi connectivity index (χ0) is 20.6. The van der Waals surface area contributed by atoms with Crippen molar-refractivity contribution in [1.29, 1.82) is 0 Å². The standard InChI is InChI=1S/C23H25NO5/c1-2-3-4-8-13-24-20-14-18(28-15-17-9-6-5-7-10-17)11-12-19(20)21(26)22(23(24)27)29-16-25/h5-7,9-12,14,16,26H,2-4,8,13,15H2,1H3. The minimum Gasteiger partial charge on any atom is -0.504 e. The second-order valence-corrected chi connectivity index (χ2v) is 6.86. The number of carbonyl (C=O) groups is 1. The van der Waals surface area contributed by atoms with E-state index in [0.29, 0.717) is 29.8 Å². The highest BCUT2D eigenvalue weighted by Gasteiger charge is 2.18. The predicted octanol–water partition coefficient (Wildman–Crippen LogP) is 4.40. The van der Waals surface area contributed by atoms with E-state index in [4.69, 9.17) is 9.47 Å². The first-order chi connectivity index (χ1) is 14.2. The lowest BCUT2D eigenvalue weighted by atomic mass is 10.1. The number of hydrogen-bond donors (Lipinski definition) is 1. The van der Waals surface area contributed by atoms with Crippen LogP contribution in [0.2, 0.25) is 0 Å². The summed E-state index contributed by atoms with van der Waals surface area (Å²) in [5, 5.41) is 10.9. The molecule has 0 radical (unpaired) electrons. The molecule has 3 aromatic rings. The number of ether oxygens (including phenoxy) is 2. The van der Waals surface area contributed by atoms with Gasteiger partial charge in [-0.2, -0.15) is 0 Å². The summed E-state index contributed by atoms with van der Waals surface area (Å²) in [6.45, 7) is 3.13. The van der Waals surface area contributed by atoms with Crippen LogP contribution in [0.1, 0.15) is 38.2 Å². The van der Waals surface area contributed by atoms with Crippen LogP contribution in [-0.2, 0) is 17.9 Å². The van der Waals surface area contributed by atoms with Crippen molar-refractivity contribution in [2.75, 3.05) is 0 Å². The Morgan fingerprint density at radius 3 is 2.59 bits per heavy atom. The summed E-state index contributed by atoms with van der Waals surface area (Å²) >= 11 is 0. The summed E-state index contributed by atoms with van der Waals surface area (Å²) in [7, 11) is 0. The molecule has 1 heterocycles. The van der Waals surface area contributed by atoms with Crippen LogP contribution in [0.15, 0.2) is 53.3 Å². The van der Waals surface area contributed by atoms with Gasteiger partial charge in [-0.3, -0.25) is 9.59 Å². The number of aryl methyl sites for hydroxylation is 1. The van der Waals surface area contributed by atoms with Crippen LogP contribution in [0.25, 0.3) is 10.9 Å². The second-order valence-electron chi connectivity index (χ2n) is 6.86. The van der Waals surface area contributed by atoms with Gasteiger partial charge in [0.15, 0.2) is 5.75 Å². The lowest BCUT2D eigenvalue weighted by molar-refractivity contribution is -0.120. The molecule has 0 amide bonds. The Balaban J connectivity index is 1.97. The summed E-state index contributed by atoms with van der Waals surface area (Å²) in [5.74, 6) is -0.0935. The number of benzene rings is 2. The van der Waals surface area contributed by atoms with Crippen molar-refractivity contribution >= 4 is 17.4 Å². The number of fused-ring (bicyclic) bond motifs is 1. The van der Waals surface area contributed by atoms with Crippen LogP contribution in [0.5, 0.6) is 17.2 Å². The molecule has 0 unspecified atom stereocenters. The molecule has 6 heteroatoms. The Morgan fingerprint density at radius 2 is 1.86 bits per heavy atom. The molecule has 1 aromatic heterocycles. The van der Waals surface area contributed by atoms with E-state index in [1.165, 1.54) is 0 Å². The van der Waals surface area contributed by atoms with Crippen LogP contribution in [0, 0.1) is 0 Å². The number of carbonyl (C=O) groups excluding carboxylic acids is 1. The number of pyridine rings is 1. The average molecular weight is 395 g/mol. The lowest BCUT2D eigenvalue weighted by Gasteiger charge is -2.15. The van der Waals surface area contributed by atoms with E-state index < -0.39 is 5.56 Å². The summed E-state index contributed by atoms with van der Waals surface area (Å²) in [4.78, 5) is 23.6. The van der Waals surface area contributed by atoms with Crippen molar-refractivity contribution in [3.05, 3.63) is 64.4 Å². The Labute approximate surface area is 169 Å². The summed E-state index contributed by atoms with van der Waals surface area (Å²) < 4.78 is 12.2. The van der Waals surface area contributed by atoms with E-state index in [0.717, 1.165) is 31.2 Å². The van der Waals surface area contributed by atoms with Crippen LogP contribution >= 0.6 is 0 Å². The van der Waals surface area contributed by atoms with Gasteiger partial charge in [-0.15, -0.1) is 0 Å². The molecule has 3 rings (SSSR count). The Morgan fingerprint density at radius 1 is 1.07 bits per heavy atom. The monoisotopic (exact) mass is 395 g/mol. The van der Waals surface area contributed by atoms with Gasteiger partial charge in [0.2, 0.25) is 5.75 Å². The highest BCUT2D eigenvalue weighted by Crippen LogP contribution is 2.33. The van der Waals surface area contributed by atoms with Crippen molar-refractivity contribution in [3.63, 3.8) is 0 Å². The third-order valence-corrected chi connectivity index (χ3v) is 4.82. The van der Waals surface area contributed by atoms with Gasteiger partial charge < -0.3 is 19.1 Å². The third-order valence-electron chi connectivity index (χ3n) is 4.82. The van der Waals surface area contributed by atoms with Gasteiger partial charge in [0.05, 0.1) is 5.52 Å². The SMILES string of the molecule is CCCCCCn1c(=O)c(OC=O)c(O)c2ccc(OCc3ccccc3)cc21. The molecule has 0 aliphatic carbocycles. The molecule has 0 fully saturated rings. The molecular formula is C23H25NO5. The van der Waals surface area contributed by atoms with Gasteiger partial charge in [-0.1, -0.05) is 56.5 Å². The van der Waals surface area contributed by atoms with Crippen LogP contribution in [-0.4, -0.2) is 16.1 Å². The molecular weight excluding hydrogens is 370 g/mol. The zero-order valence-corrected chi connectivity index (χ0v) is 16.5. The lowest BCUT2D eigenvalue weighted by Crippen LogP contribution is -2.22. The number of rotatable bonds is 10. The summed E-state index contributed by atoms with van der Waals surface area (Å²) in [6, 6.07) is 14.9. The molecule has 6 nitrogen and oxygen atoms in total. The minimum atomic E-state index is -0.529. The van der Waals surface area contributed by atoms with Crippen LogP contribution in [0.3, 0.4) is 0 Å². The molecule has 152 valence electrons. The molecule has 0 aliphatic heterocycles. The highest BCUT2D eigenvalue weighted by atomic mass is 16.5. The number of aromatic hydroxyl groups is 1. The van der Waals surface area contributed by atoms with Crippen molar-refractivity contribution in [3.8, 4) is 17.2 Å². The number of aromatic nitrogens is 1. The van der Waals surface area contributed by atoms with E-state index in [2.05, 4.69) is 6.92 Å². The molecule has 0 spiro atoms. The maximum atomic E-state index is 12.8. The second kappa shape index (κ2) is 9.78. The van der Waals surface area contributed by atoms with Gasteiger partial charge in [0, 0.05) is 18.0 Å². The van der Waals surface area contributed by atoms with E-state index in [-0.39, 0.29) is 18.0 Å². The largest absolute Gasteiger partial charge is 0.504 e. The molecule has 0 saturated heterocycles. The molecule has 1 N–H and O–H groups in total. The van der Waals surface area contributed by atoms with Crippen molar-refractivity contribution in [2.45, 2.75) is 45.8 Å². The van der Waals surface area contributed by atoms with E-state index in [9.17, 15) is 14.7 Å². The first-order valence-corrected chi connectivity index (χ1v) is 9.82. The number of hydrogen-bond acceptors (Lipinski definition) is 5. The molecule has 0 atom stereocenters. The quantitative estimate of drug-likeness (QED) is 0.407. The van der Waals surface area contributed by atoms with E-state index in [1.54, 1.807) is 22.8 Å². The number of nitrogens with zero attached hydrogens (tertiary/aromatic N) is 1. The summed E-state index contributed by atoms with van der Waals surface area (Å²) in [5.41, 5.74) is 1.05. The molecule has 0 bridgehead atoms. The van der Waals surface area contributed by atoms with Gasteiger partial charge in [0.1, 0.15) is 12.4 Å². The van der Waals surface area contributed by atoms with Crippen LogP contribution in [0.4, 0.5) is 0 Å². The summed E-state index contributed by atoms with van der Waals surface area (Å²) in [6.07, 6.45) is 3.96. The minimum absolute atomic E-state index is 0.154.